The second-order valence-corrected chi connectivity index (χ2v) is 7.18. The van der Waals surface area contributed by atoms with Crippen LogP contribution in [0.15, 0.2) is 89.1 Å². The van der Waals surface area contributed by atoms with Crippen LogP contribution >= 0.6 is 11.8 Å². The Kier molecular flexibility index (Phi) is 5.49. The Morgan fingerprint density at radius 1 is 0.966 bits per heavy atom. The number of amidine groups is 1. The van der Waals surface area contributed by atoms with Gasteiger partial charge in [-0.25, -0.2) is 5.43 Å². The molecule has 0 saturated carbocycles. The summed E-state index contributed by atoms with van der Waals surface area (Å²) in [5.41, 5.74) is 6.02. The molecule has 4 rings (SSSR count). The van der Waals surface area contributed by atoms with Crippen LogP contribution in [-0.2, 0) is 4.79 Å². The molecule has 2 aromatic carbocycles. The molecule has 142 valence electrons. The summed E-state index contributed by atoms with van der Waals surface area (Å²) < 4.78 is 0. The molecule has 1 aliphatic rings. The van der Waals surface area contributed by atoms with Crippen molar-refractivity contribution in [2.75, 3.05) is 0 Å². The van der Waals surface area contributed by atoms with E-state index in [2.05, 4.69) is 33.0 Å². The van der Waals surface area contributed by atoms with Crippen molar-refractivity contribution in [2.45, 2.75) is 0 Å². The predicted octanol–water partition coefficient (Wildman–Crippen LogP) is 3.65. The Morgan fingerprint density at radius 3 is 2.38 bits per heavy atom. The van der Waals surface area contributed by atoms with Crippen molar-refractivity contribution in [3.63, 3.8) is 0 Å². The van der Waals surface area contributed by atoms with Crippen LogP contribution in [0.3, 0.4) is 0 Å². The van der Waals surface area contributed by atoms with Crippen LogP contribution in [0.5, 0.6) is 0 Å². The summed E-state index contributed by atoms with van der Waals surface area (Å²) >= 11 is 1.17. The monoisotopic (exact) mass is 400 g/mol. The van der Waals surface area contributed by atoms with Gasteiger partial charge in [0.2, 0.25) is 0 Å². The summed E-state index contributed by atoms with van der Waals surface area (Å²) in [6.07, 6.45) is 4.85. The summed E-state index contributed by atoms with van der Waals surface area (Å²) in [5, 5.41) is 6.95. The van der Waals surface area contributed by atoms with Gasteiger partial charge in [-0.3, -0.25) is 19.9 Å². The molecular formula is C22H16N4O2S. The fourth-order valence-electron chi connectivity index (χ4n) is 2.70. The van der Waals surface area contributed by atoms with Gasteiger partial charge in [-0.2, -0.15) is 0 Å². The van der Waals surface area contributed by atoms with Crippen LogP contribution in [-0.4, -0.2) is 22.0 Å². The molecule has 3 aromatic rings. The van der Waals surface area contributed by atoms with Gasteiger partial charge in [-0.15, -0.1) is 5.10 Å². The van der Waals surface area contributed by atoms with E-state index < -0.39 is 0 Å². The third-order valence-corrected chi connectivity index (χ3v) is 5.08. The maximum absolute atomic E-state index is 12.2. The number of carbonyl (C=O) groups is 2. The zero-order chi connectivity index (χ0) is 20.1. The summed E-state index contributed by atoms with van der Waals surface area (Å²) in [4.78, 5) is 28.6. The highest BCUT2D eigenvalue weighted by atomic mass is 32.2. The molecular weight excluding hydrogens is 384 g/mol. The molecule has 0 unspecified atom stereocenters. The summed E-state index contributed by atoms with van der Waals surface area (Å²) in [7, 11) is 0. The maximum atomic E-state index is 12.2. The van der Waals surface area contributed by atoms with E-state index in [0.717, 1.165) is 16.7 Å². The Hall–Kier alpha value is -3.71. The van der Waals surface area contributed by atoms with Gasteiger partial charge in [0.1, 0.15) is 0 Å². The lowest BCUT2D eigenvalue weighted by Gasteiger charge is -2.02. The van der Waals surface area contributed by atoms with Gasteiger partial charge in [0.25, 0.3) is 11.8 Å². The van der Waals surface area contributed by atoms with E-state index in [0.29, 0.717) is 15.6 Å². The third-order valence-electron chi connectivity index (χ3n) is 4.17. The minimum Gasteiger partial charge on any atom is -0.299 e. The van der Waals surface area contributed by atoms with Gasteiger partial charge in [0.15, 0.2) is 5.17 Å². The van der Waals surface area contributed by atoms with Crippen molar-refractivity contribution in [1.29, 1.82) is 0 Å². The molecule has 1 saturated heterocycles. The lowest BCUT2D eigenvalue weighted by molar-refractivity contribution is -0.115. The van der Waals surface area contributed by atoms with Gasteiger partial charge >= 0.3 is 0 Å². The van der Waals surface area contributed by atoms with Crippen LogP contribution in [0.2, 0.25) is 0 Å². The normalized spacial score (nSPS) is 16.1. The highest BCUT2D eigenvalue weighted by Crippen LogP contribution is 2.27. The molecule has 6 nitrogen and oxygen atoms in total. The van der Waals surface area contributed by atoms with Crippen LogP contribution in [0, 0.1) is 0 Å². The van der Waals surface area contributed by atoms with Gasteiger partial charge in [-0.05, 0) is 46.7 Å². The van der Waals surface area contributed by atoms with Crippen molar-refractivity contribution in [3.05, 3.63) is 95.2 Å². The highest BCUT2D eigenvalue weighted by molar-refractivity contribution is 8.18. The zero-order valence-electron chi connectivity index (χ0n) is 15.2. The number of hydrogen-bond donors (Lipinski definition) is 2. The molecule has 2 amide bonds. The number of amides is 2. The molecule has 2 N–H and O–H groups in total. The zero-order valence-corrected chi connectivity index (χ0v) is 16.0. The van der Waals surface area contributed by atoms with Gasteiger partial charge in [-0.1, -0.05) is 54.6 Å². The molecule has 1 aliphatic heterocycles. The van der Waals surface area contributed by atoms with E-state index >= 15 is 0 Å². The Labute approximate surface area is 171 Å². The number of hydrogen-bond acceptors (Lipinski definition) is 5. The Morgan fingerprint density at radius 2 is 1.66 bits per heavy atom. The summed E-state index contributed by atoms with van der Waals surface area (Å²) in [6, 6.07) is 21.2. The van der Waals surface area contributed by atoms with Gasteiger partial charge in [0, 0.05) is 18.0 Å². The average molecular weight is 400 g/mol. The summed E-state index contributed by atoms with van der Waals surface area (Å²) in [5.74, 6) is -0.622. The second-order valence-electron chi connectivity index (χ2n) is 6.15. The predicted molar refractivity (Wildman–Crippen MR) is 115 cm³/mol. The molecule has 2 heterocycles. The molecule has 1 fully saturated rings. The standard InChI is InChI=1S/C22H16N4O2S/c27-20(18-10-12-23-13-11-18)25-26-22-24-21(28)19(29-22)14-15-6-8-17(9-7-15)16-4-2-1-3-5-16/h1-14H,(H,25,27)(H,24,26,28)/b19-14-. The number of pyridine rings is 1. The number of nitrogens with one attached hydrogen (secondary N) is 2. The van der Waals surface area contributed by atoms with Crippen LogP contribution < -0.4 is 10.7 Å². The number of thioether (sulfide) groups is 1. The molecule has 29 heavy (non-hydrogen) atoms. The first-order chi connectivity index (χ1) is 14.2. The van der Waals surface area contributed by atoms with Crippen molar-refractivity contribution < 1.29 is 9.59 Å². The topological polar surface area (TPSA) is 83.5 Å². The van der Waals surface area contributed by atoms with E-state index in [1.54, 1.807) is 18.2 Å². The Balaban J connectivity index is 1.43. The fourth-order valence-corrected chi connectivity index (χ4v) is 3.49. The smallest absolute Gasteiger partial charge is 0.271 e. The average Bonchev–Trinajstić information content (AvgIpc) is 3.13. The minimum absolute atomic E-state index is 0.251. The highest BCUT2D eigenvalue weighted by Gasteiger charge is 2.24. The minimum atomic E-state index is -0.372. The Bertz CT molecular complexity index is 1090. The largest absolute Gasteiger partial charge is 0.299 e. The van der Waals surface area contributed by atoms with Crippen molar-refractivity contribution >= 4 is 34.8 Å². The van der Waals surface area contributed by atoms with Crippen molar-refractivity contribution in [2.24, 2.45) is 5.10 Å². The molecule has 0 bridgehead atoms. The number of rotatable bonds is 4. The van der Waals surface area contributed by atoms with E-state index in [1.807, 2.05) is 42.5 Å². The third kappa shape index (κ3) is 4.59. The molecule has 1 aromatic heterocycles. The van der Waals surface area contributed by atoms with Gasteiger partial charge in [0.05, 0.1) is 4.91 Å². The molecule has 0 radical (unpaired) electrons. The van der Waals surface area contributed by atoms with Crippen molar-refractivity contribution in [3.8, 4) is 11.1 Å². The first-order valence-corrected chi connectivity index (χ1v) is 9.65. The van der Waals surface area contributed by atoms with E-state index in [-0.39, 0.29) is 11.8 Å². The SMILES string of the molecule is O=C1N/C(=N\NC(=O)c2ccncc2)S/C1=C\c1ccc(-c2ccccc2)cc1. The van der Waals surface area contributed by atoms with Crippen molar-refractivity contribution in [1.82, 2.24) is 15.7 Å². The van der Waals surface area contributed by atoms with Crippen LogP contribution in [0.25, 0.3) is 17.2 Å². The fraction of sp³-hybridized carbons (Fsp3) is 0. The van der Waals surface area contributed by atoms with Crippen LogP contribution in [0.1, 0.15) is 15.9 Å². The lowest BCUT2D eigenvalue weighted by Crippen LogP contribution is -2.25. The first kappa shape index (κ1) is 18.6. The summed E-state index contributed by atoms with van der Waals surface area (Å²) in [6.45, 7) is 0. The van der Waals surface area contributed by atoms with E-state index in [9.17, 15) is 9.59 Å². The number of hydrazone groups is 1. The van der Waals surface area contributed by atoms with Gasteiger partial charge < -0.3 is 0 Å². The van der Waals surface area contributed by atoms with E-state index in [4.69, 9.17) is 0 Å². The quantitative estimate of drug-likeness (QED) is 0.517. The molecule has 0 atom stereocenters. The maximum Gasteiger partial charge on any atom is 0.271 e. The number of nitrogens with zero attached hydrogens (tertiary/aromatic N) is 2. The molecule has 0 spiro atoms. The van der Waals surface area contributed by atoms with E-state index in [1.165, 1.54) is 24.2 Å². The number of benzene rings is 2. The number of carbonyl (C=O) groups excluding carboxylic acids is 2. The van der Waals surface area contributed by atoms with Crippen LogP contribution in [0.4, 0.5) is 0 Å². The first-order valence-electron chi connectivity index (χ1n) is 8.83. The lowest BCUT2D eigenvalue weighted by atomic mass is 10.0. The second kappa shape index (κ2) is 8.53. The molecule has 7 heteroatoms. The molecule has 0 aliphatic carbocycles. The number of aromatic nitrogens is 1.